The maximum absolute atomic E-state index is 12.6. The van der Waals surface area contributed by atoms with Gasteiger partial charge in [-0.1, -0.05) is 13.8 Å². The molecule has 1 aromatic heterocycles. The second kappa shape index (κ2) is 9.65. The number of nitrogens with one attached hydrogen (secondary N) is 1. The van der Waals surface area contributed by atoms with Gasteiger partial charge in [0.1, 0.15) is 17.3 Å². The number of carbonyl (C=O) groups is 1. The van der Waals surface area contributed by atoms with E-state index in [2.05, 4.69) is 24.1 Å². The monoisotopic (exact) mass is 357 g/mol. The standard InChI is InChI=1S/C20H27N3O3/c1-5-11-23(12-6-2)20(24)15-7-10-19(21-14-15)22-17-9-8-16(25-3)13-18(17)26-4/h7-10,13-14H,5-6,11-12H2,1-4H3,(H,21,22). The molecular formula is C20H27N3O3. The van der Waals surface area contributed by atoms with Crippen LogP contribution in [0.2, 0.25) is 0 Å². The van der Waals surface area contributed by atoms with Crippen LogP contribution >= 0.6 is 0 Å². The molecule has 0 radical (unpaired) electrons. The Hall–Kier alpha value is -2.76. The van der Waals surface area contributed by atoms with E-state index in [1.165, 1.54) is 0 Å². The lowest BCUT2D eigenvalue weighted by molar-refractivity contribution is 0.0755. The number of hydrogen-bond donors (Lipinski definition) is 1. The van der Waals surface area contributed by atoms with Crippen LogP contribution in [-0.2, 0) is 0 Å². The van der Waals surface area contributed by atoms with E-state index < -0.39 is 0 Å². The van der Waals surface area contributed by atoms with E-state index in [9.17, 15) is 4.79 Å². The third-order valence-corrected chi connectivity index (χ3v) is 3.96. The summed E-state index contributed by atoms with van der Waals surface area (Å²) in [5.74, 6) is 2.04. The minimum absolute atomic E-state index is 0.0229. The van der Waals surface area contributed by atoms with Crippen molar-refractivity contribution in [3.63, 3.8) is 0 Å². The van der Waals surface area contributed by atoms with Gasteiger partial charge in [-0.25, -0.2) is 4.98 Å². The number of methoxy groups -OCH3 is 2. The molecule has 0 aliphatic carbocycles. The third kappa shape index (κ3) is 4.88. The van der Waals surface area contributed by atoms with E-state index in [1.54, 1.807) is 38.6 Å². The third-order valence-electron chi connectivity index (χ3n) is 3.96. The molecular weight excluding hydrogens is 330 g/mol. The van der Waals surface area contributed by atoms with Crippen LogP contribution in [0.3, 0.4) is 0 Å². The first-order chi connectivity index (χ1) is 12.6. The molecule has 0 saturated heterocycles. The van der Waals surface area contributed by atoms with Crippen LogP contribution in [0.4, 0.5) is 11.5 Å². The number of aromatic nitrogens is 1. The zero-order chi connectivity index (χ0) is 18.9. The number of carbonyl (C=O) groups excluding carboxylic acids is 1. The van der Waals surface area contributed by atoms with E-state index in [0.717, 1.165) is 31.6 Å². The predicted molar refractivity (Wildman–Crippen MR) is 104 cm³/mol. The van der Waals surface area contributed by atoms with Crippen molar-refractivity contribution in [1.29, 1.82) is 0 Å². The van der Waals surface area contributed by atoms with Gasteiger partial charge < -0.3 is 19.7 Å². The maximum atomic E-state index is 12.6. The summed E-state index contributed by atoms with van der Waals surface area (Å²) in [7, 11) is 3.21. The largest absolute Gasteiger partial charge is 0.497 e. The lowest BCUT2D eigenvalue weighted by Crippen LogP contribution is -2.32. The second-order valence-corrected chi connectivity index (χ2v) is 5.92. The quantitative estimate of drug-likeness (QED) is 0.732. The van der Waals surface area contributed by atoms with Crippen molar-refractivity contribution in [1.82, 2.24) is 9.88 Å². The van der Waals surface area contributed by atoms with Gasteiger partial charge in [-0.05, 0) is 37.1 Å². The number of amides is 1. The van der Waals surface area contributed by atoms with Crippen molar-refractivity contribution in [3.8, 4) is 11.5 Å². The highest BCUT2D eigenvalue weighted by Crippen LogP contribution is 2.30. The van der Waals surface area contributed by atoms with Crippen LogP contribution in [0.25, 0.3) is 0 Å². The average Bonchev–Trinajstić information content (AvgIpc) is 2.68. The molecule has 6 heteroatoms. The Labute approximate surface area is 155 Å². The molecule has 0 aliphatic rings. The van der Waals surface area contributed by atoms with Gasteiger partial charge in [-0.2, -0.15) is 0 Å². The molecule has 140 valence electrons. The van der Waals surface area contributed by atoms with Gasteiger partial charge >= 0.3 is 0 Å². The molecule has 0 saturated carbocycles. The molecule has 6 nitrogen and oxygen atoms in total. The number of pyridine rings is 1. The first-order valence-electron chi connectivity index (χ1n) is 8.87. The molecule has 2 aromatic rings. The smallest absolute Gasteiger partial charge is 0.255 e. The summed E-state index contributed by atoms with van der Waals surface area (Å²) in [5, 5.41) is 3.20. The minimum atomic E-state index is 0.0229. The number of anilines is 2. The van der Waals surface area contributed by atoms with Crippen molar-refractivity contribution < 1.29 is 14.3 Å². The van der Waals surface area contributed by atoms with Gasteiger partial charge in [0.25, 0.3) is 5.91 Å². The summed E-state index contributed by atoms with van der Waals surface area (Å²) in [5.41, 5.74) is 1.37. The maximum Gasteiger partial charge on any atom is 0.255 e. The molecule has 1 N–H and O–H groups in total. The van der Waals surface area contributed by atoms with Gasteiger partial charge in [0.05, 0.1) is 25.5 Å². The number of benzene rings is 1. The number of nitrogens with zero attached hydrogens (tertiary/aromatic N) is 2. The molecule has 26 heavy (non-hydrogen) atoms. The highest BCUT2D eigenvalue weighted by Gasteiger charge is 2.15. The average molecular weight is 357 g/mol. The molecule has 2 rings (SSSR count). The summed E-state index contributed by atoms with van der Waals surface area (Å²) in [6.07, 6.45) is 3.49. The molecule has 0 atom stereocenters. The molecule has 0 spiro atoms. The van der Waals surface area contributed by atoms with E-state index in [1.807, 2.05) is 17.0 Å². The Kier molecular flexibility index (Phi) is 7.26. The van der Waals surface area contributed by atoms with Crippen molar-refractivity contribution in [2.24, 2.45) is 0 Å². The summed E-state index contributed by atoms with van der Waals surface area (Å²) < 4.78 is 10.6. The van der Waals surface area contributed by atoms with E-state index in [-0.39, 0.29) is 5.91 Å². The van der Waals surface area contributed by atoms with Gasteiger partial charge in [-0.3, -0.25) is 4.79 Å². The number of rotatable bonds is 9. The van der Waals surface area contributed by atoms with Crippen LogP contribution in [0.15, 0.2) is 36.5 Å². The summed E-state index contributed by atoms with van der Waals surface area (Å²) in [6, 6.07) is 9.10. The van der Waals surface area contributed by atoms with E-state index in [0.29, 0.717) is 22.9 Å². The van der Waals surface area contributed by atoms with Crippen molar-refractivity contribution >= 4 is 17.4 Å². The van der Waals surface area contributed by atoms with Crippen LogP contribution in [0.1, 0.15) is 37.0 Å². The van der Waals surface area contributed by atoms with Gasteiger partial charge in [0.2, 0.25) is 0 Å². The minimum Gasteiger partial charge on any atom is -0.497 e. The highest BCUT2D eigenvalue weighted by molar-refractivity contribution is 5.94. The summed E-state index contributed by atoms with van der Waals surface area (Å²) in [6.45, 7) is 5.67. The molecule has 1 aromatic carbocycles. The topological polar surface area (TPSA) is 63.7 Å². The normalized spacial score (nSPS) is 10.3. The zero-order valence-corrected chi connectivity index (χ0v) is 15.9. The second-order valence-electron chi connectivity index (χ2n) is 5.92. The Bertz CT molecular complexity index is 711. The number of hydrogen-bond acceptors (Lipinski definition) is 5. The fourth-order valence-electron chi connectivity index (χ4n) is 2.67. The number of ether oxygens (including phenoxy) is 2. The van der Waals surface area contributed by atoms with Crippen molar-refractivity contribution in [2.45, 2.75) is 26.7 Å². The predicted octanol–water partition coefficient (Wildman–Crippen LogP) is 4.10. The van der Waals surface area contributed by atoms with Crippen LogP contribution in [-0.4, -0.2) is 43.1 Å². The Morgan fingerprint density at radius 3 is 2.35 bits per heavy atom. The lowest BCUT2D eigenvalue weighted by atomic mass is 10.2. The van der Waals surface area contributed by atoms with Crippen LogP contribution in [0, 0.1) is 0 Å². The van der Waals surface area contributed by atoms with Crippen molar-refractivity contribution in [2.75, 3.05) is 32.6 Å². The van der Waals surface area contributed by atoms with Gasteiger partial charge in [0.15, 0.2) is 0 Å². The van der Waals surface area contributed by atoms with Gasteiger partial charge in [0, 0.05) is 25.4 Å². The zero-order valence-electron chi connectivity index (χ0n) is 15.9. The highest BCUT2D eigenvalue weighted by atomic mass is 16.5. The fraction of sp³-hybridized carbons (Fsp3) is 0.400. The lowest BCUT2D eigenvalue weighted by Gasteiger charge is -2.21. The van der Waals surface area contributed by atoms with Crippen LogP contribution < -0.4 is 14.8 Å². The Morgan fingerprint density at radius 1 is 1.08 bits per heavy atom. The van der Waals surface area contributed by atoms with Gasteiger partial charge in [-0.15, -0.1) is 0 Å². The fourth-order valence-corrected chi connectivity index (χ4v) is 2.67. The van der Waals surface area contributed by atoms with E-state index >= 15 is 0 Å². The molecule has 0 unspecified atom stereocenters. The molecule has 1 amide bonds. The summed E-state index contributed by atoms with van der Waals surface area (Å²) in [4.78, 5) is 18.8. The molecule has 1 heterocycles. The SMILES string of the molecule is CCCN(CCC)C(=O)c1ccc(Nc2ccc(OC)cc2OC)nc1. The van der Waals surface area contributed by atoms with E-state index in [4.69, 9.17) is 9.47 Å². The first kappa shape index (κ1) is 19.6. The molecule has 0 fully saturated rings. The molecule has 0 bridgehead atoms. The Balaban J connectivity index is 2.13. The van der Waals surface area contributed by atoms with Crippen molar-refractivity contribution in [3.05, 3.63) is 42.1 Å². The van der Waals surface area contributed by atoms with Crippen LogP contribution in [0.5, 0.6) is 11.5 Å². The molecule has 0 aliphatic heterocycles. The Morgan fingerprint density at radius 2 is 1.81 bits per heavy atom. The first-order valence-corrected chi connectivity index (χ1v) is 8.87. The summed E-state index contributed by atoms with van der Waals surface area (Å²) >= 11 is 0.